The van der Waals surface area contributed by atoms with E-state index in [1.807, 2.05) is 6.07 Å². The Kier molecular flexibility index (Phi) is 26.7. The first-order chi connectivity index (χ1) is 26.8. The number of nitrogens with one attached hydrogen (secondary N) is 1. The Morgan fingerprint density at radius 2 is 1.22 bits per heavy atom. The zero-order chi connectivity index (χ0) is 40.1. The molecule has 1 saturated heterocycles. The number of carbonyl (C=O) groups excluding carboxylic acids is 3. The Balaban J connectivity index is 2.15. The predicted molar refractivity (Wildman–Crippen MR) is 217 cm³/mol. The van der Waals surface area contributed by atoms with Crippen molar-refractivity contribution in [3.63, 3.8) is 0 Å². The first-order valence-corrected chi connectivity index (χ1v) is 21.7. The van der Waals surface area contributed by atoms with Crippen LogP contribution in [0.2, 0.25) is 0 Å². The molecule has 4 amide bonds. The molecule has 2 rings (SSSR count). The summed E-state index contributed by atoms with van der Waals surface area (Å²) in [5, 5.41) is 35.6. The van der Waals surface area contributed by atoms with Crippen LogP contribution in [0.4, 0.5) is 9.59 Å². The van der Waals surface area contributed by atoms with Crippen LogP contribution in [0.5, 0.6) is 0 Å². The van der Waals surface area contributed by atoms with Gasteiger partial charge in [-0.2, -0.15) is 0 Å². The van der Waals surface area contributed by atoms with Crippen molar-refractivity contribution >= 4 is 18.0 Å². The van der Waals surface area contributed by atoms with E-state index in [9.17, 15) is 29.7 Å². The van der Waals surface area contributed by atoms with Gasteiger partial charge in [0.2, 0.25) is 5.91 Å². The molecule has 0 unspecified atom stereocenters. The van der Waals surface area contributed by atoms with E-state index in [4.69, 9.17) is 15.2 Å². The van der Waals surface area contributed by atoms with Gasteiger partial charge < -0.3 is 35.8 Å². The molecular formula is C43H76N4O8. The lowest BCUT2D eigenvalue weighted by Crippen LogP contribution is -2.71. The van der Waals surface area contributed by atoms with E-state index >= 15 is 0 Å². The zero-order valence-electron chi connectivity index (χ0n) is 34.2. The number of unbranched alkanes of at least 4 members (excludes halogenated alkanes) is 20. The fourth-order valence-corrected chi connectivity index (χ4v) is 7.27. The first kappa shape index (κ1) is 48.4. The van der Waals surface area contributed by atoms with Gasteiger partial charge in [0.25, 0.3) is 0 Å². The number of aliphatic hydroxyl groups excluding tert-OH is 3. The molecule has 1 aliphatic rings. The van der Waals surface area contributed by atoms with Crippen LogP contribution in [-0.2, 0) is 20.9 Å². The number of hydrogen-bond acceptors (Lipinski definition) is 9. The number of carbonyl (C=O) groups is 3. The topological polar surface area (TPSA) is 175 Å². The highest BCUT2D eigenvalue weighted by Crippen LogP contribution is 2.29. The minimum atomic E-state index is -1.77. The molecule has 55 heavy (non-hydrogen) atoms. The van der Waals surface area contributed by atoms with Crippen LogP contribution in [-0.4, -0.2) is 100.0 Å². The lowest BCUT2D eigenvalue weighted by atomic mass is 9.93. The van der Waals surface area contributed by atoms with E-state index in [0.717, 1.165) is 51.4 Å². The molecule has 0 bridgehead atoms. The summed E-state index contributed by atoms with van der Waals surface area (Å²) in [6.45, 7) is 3.66. The van der Waals surface area contributed by atoms with Crippen molar-refractivity contribution in [2.24, 2.45) is 5.73 Å². The SMILES string of the molecule is CCCCCCCCCCCCCCN(C(=O)NCCCCCCCCCCCC)[C@@H]1O[C@H](CO)[C@H](O)[C@H](O)[C@H]1N(C(=O)CN)C(=O)OCc1ccccc1. The summed E-state index contributed by atoms with van der Waals surface area (Å²) >= 11 is 0. The van der Waals surface area contributed by atoms with E-state index in [1.165, 1.54) is 88.4 Å². The van der Waals surface area contributed by atoms with Crippen LogP contribution < -0.4 is 11.1 Å². The molecule has 1 aliphatic heterocycles. The van der Waals surface area contributed by atoms with Crippen molar-refractivity contribution in [3.8, 4) is 0 Å². The quantitative estimate of drug-likeness (QED) is 0.0494. The van der Waals surface area contributed by atoms with E-state index in [-0.39, 0.29) is 13.2 Å². The number of benzene rings is 1. The molecule has 1 aromatic rings. The maximum atomic E-state index is 14.0. The van der Waals surface area contributed by atoms with Crippen LogP contribution in [0, 0.1) is 0 Å². The Labute approximate surface area is 331 Å². The number of rotatable bonds is 30. The summed E-state index contributed by atoms with van der Waals surface area (Å²) in [4.78, 5) is 43.0. The summed E-state index contributed by atoms with van der Waals surface area (Å²) in [6.07, 6.45) is 18.0. The van der Waals surface area contributed by atoms with Gasteiger partial charge in [-0.05, 0) is 18.4 Å². The van der Waals surface area contributed by atoms with Crippen LogP contribution in [0.1, 0.15) is 161 Å². The fraction of sp³-hybridized carbons (Fsp3) is 0.791. The normalized spacial score (nSPS) is 19.6. The maximum absolute atomic E-state index is 14.0. The van der Waals surface area contributed by atoms with Crippen LogP contribution in [0.25, 0.3) is 0 Å². The number of nitrogens with zero attached hydrogens (tertiary/aromatic N) is 2. The summed E-state index contributed by atoms with van der Waals surface area (Å²) in [5.74, 6) is -0.874. The molecular weight excluding hydrogens is 700 g/mol. The molecule has 6 N–H and O–H groups in total. The van der Waals surface area contributed by atoms with Gasteiger partial charge in [0, 0.05) is 13.1 Å². The number of imide groups is 1. The van der Waals surface area contributed by atoms with Crippen LogP contribution in [0.3, 0.4) is 0 Å². The van der Waals surface area contributed by atoms with Crippen molar-refractivity contribution in [1.29, 1.82) is 0 Å². The summed E-state index contributed by atoms with van der Waals surface area (Å²) < 4.78 is 11.6. The van der Waals surface area contributed by atoms with Crippen LogP contribution >= 0.6 is 0 Å². The summed E-state index contributed by atoms with van der Waals surface area (Å²) in [6, 6.07) is 6.87. The predicted octanol–water partition coefficient (Wildman–Crippen LogP) is 7.55. The minimum absolute atomic E-state index is 0.161. The highest BCUT2D eigenvalue weighted by molar-refractivity contribution is 5.93. The summed E-state index contributed by atoms with van der Waals surface area (Å²) in [7, 11) is 0. The van der Waals surface area contributed by atoms with Gasteiger partial charge in [-0.25, -0.2) is 14.5 Å². The summed E-state index contributed by atoms with van der Waals surface area (Å²) in [5.41, 5.74) is 6.43. The second-order valence-electron chi connectivity index (χ2n) is 15.2. The monoisotopic (exact) mass is 777 g/mol. The fourth-order valence-electron chi connectivity index (χ4n) is 7.27. The Hall–Kier alpha value is -2.77. The third-order valence-corrected chi connectivity index (χ3v) is 10.6. The number of amides is 4. The molecule has 0 saturated carbocycles. The molecule has 5 atom stereocenters. The molecule has 12 nitrogen and oxygen atoms in total. The third kappa shape index (κ3) is 18.8. The van der Waals surface area contributed by atoms with Gasteiger partial charge in [0.15, 0.2) is 6.23 Å². The molecule has 0 radical (unpaired) electrons. The lowest BCUT2D eigenvalue weighted by Gasteiger charge is -2.49. The second kappa shape index (κ2) is 30.4. The van der Waals surface area contributed by atoms with Gasteiger partial charge in [-0.15, -0.1) is 0 Å². The average Bonchev–Trinajstić information content (AvgIpc) is 3.20. The van der Waals surface area contributed by atoms with E-state index in [2.05, 4.69) is 19.2 Å². The Morgan fingerprint density at radius 3 is 1.71 bits per heavy atom. The van der Waals surface area contributed by atoms with Gasteiger partial charge in [0.1, 0.15) is 31.0 Å². The maximum Gasteiger partial charge on any atom is 0.417 e. The van der Waals surface area contributed by atoms with Gasteiger partial charge in [-0.3, -0.25) is 9.69 Å². The van der Waals surface area contributed by atoms with Crippen molar-refractivity contribution in [2.75, 3.05) is 26.2 Å². The van der Waals surface area contributed by atoms with Crippen LogP contribution in [0.15, 0.2) is 30.3 Å². The first-order valence-electron chi connectivity index (χ1n) is 21.7. The molecule has 0 aliphatic carbocycles. The minimum Gasteiger partial charge on any atom is -0.444 e. The average molecular weight is 777 g/mol. The molecule has 1 fully saturated rings. The second-order valence-corrected chi connectivity index (χ2v) is 15.2. The number of hydrogen-bond donors (Lipinski definition) is 5. The largest absolute Gasteiger partial charge is 0.444 e. The van der Waals surface area contributed by atoms with Crippen molar-refractivity contribution in [2.45, 2.75) is 192 Å². The smallest absolute Gasteiger partial charge is 0.417 e. The molecule has 12 heteroatoms. The molecule has 0 aromatic heterocycles. The number of ether oxygens (including phenoxy) is 2. The van der Waals surface area contributed by atoms with E-state index in [0.29, 0.717) is 23.4 Å². The van der Waals surface area contributed by atoms with Crippen molar-refractivity contribution in [1.82, 2.24) is 15.1 Å². The van der Waals surface area contributed by atoms with Gasteiger partial charge in [-0.1, -0.05) is 173 Å². The van der Waals surface area contributed by atoms with E-state index < -0.39 is 61.8 Å². The van der Waals surface area contributed by atoms with Gasteiger partial charge >= 0.3 is 12.1 Å². The number of urea groups is 1. The molecule has 1 heterocycles. The third-order valence-electron chi connectivity index (χ3n) is 10.6. The van der Waals surface area contributed by atoms with Crippen molar-refractivity contribution < 1.29 is 39.2 Å². The standard InChI is InChI=1S/C43H76N4O8/c1-3-5-7-9-11-13-15-16-18-20-22-27-31-46(42(52)45-30-26-21-19-17-14-12-10-8-6-4-2)41-38(40(51)39(50)36(33-48)55-41)47(37(49)32-44)43(53)54-34-35-28-24-23-25-29-35/h23-25,28-29,36,38-41,48,50-51H,3-22,26-27,30-34,44H2,1-2H3,(H,45,52)/t36-,38-,39+,40-,41-/m1/s1. The molecule has 316 valence electrons. The van der Waals surface area contributed by atoms with Crippen molar-refractivity contribution in [3.05, 3.63) is 35.9 Å². The Bertz CT molecular complexity index is 1140. The molecule has 1 aromatic carbocycles. The zero-order valence-corrected chi connectivity index (χ0v) is 34.2. The van der Waals surface area contributed by atoms with E-state index in [1.54, 1.807) is 24.3 Å². The highest BCUT2D eigenvalue weighted by Gasteiger charge is 2.53. The molecule has 0 spiro atoms. The Morgan fingerprint density at radius 1 is 0.727 bits per heavy atom. The number of aliphatic hydroxyl groups is 3. The highest BCUT2D eigenvalue weighted by atomic mass is 16.6. The van der Waals surface area contributed by atoms with Gasteiger partial charge in [0.05, 0.1) is 13.2 Å². The number of nitrogens with two attached hydrogens (primary N) is 1. The lowest BCUT2D eigenvalue weighted by molar-refractivity contribution is -0.238.